The summed E-state index contributed by atoms with van der Waals surface area (Å²) in [5.41, 5.74) is 2.67. The molecule has 0 aromatic rings. The molecule has 0 aromatic carbocycles. The van der Waals surface area contributed by atoms with Crippen LogP contribution in [0.25, 0.3) is 0 Å². The molecule has 13 heavy (non-hydrogen) atoms. The van der Waals surface area contributed by atoms with Crippen molar-refractivity contribution in [3.63, 3.8) is 0 Å². The lowest BCUT2D eigenvalue weighted by Gasteiger charge is -2.05. The summed E-state index contributed by atoms with van der Waals surface area (Å²) < 4.78 is 15.2. The van der Waals surface area contributed by atoms with E-state index in [1.54, 1.807) is 14.2 Å². The number of methoxy groups -OCH3 is 1. The Kier molecular flexibility index (Phi) is 11.6. The summed E-state index contributed by atoms with van der Waals surface area (Å²) in [5, 5.41) is 0. The molecule has 0 bridgehead atoms. The van der Waals surface area contributed by atoms with E-state index in [4.69, 9.17) is 14.2 Å². The lowest BCUT2D eigenvalue weighted by Crippen LogP contribution is -2.19. The van der Waals surface area contributed by atoms with Gasteiger partial charge in [-0.2, -0.15) is 0 Å². The van der Waals surface area contributed by atoms with E-state index in [0.29, 0.717) is 39.6 Å². The minimum atomic E-state index is 0.606. The van der Waals surface area contributed by atoms with Crippen molar-refractivity contribution >= 4 is 0 Å². The molecular weight excluding hydrogens is 174 g/mol. The highest BCUT2D eigenvalue weighted by Crippen LogP contribution is 1.78. The van der Waals surface area contributed by atoms with Crippen molar-refractivity contribution in [2.45, 2.75) is 0 Å². The van der Waals surface area contributed by atoms with Gasteiger partial charge in [0, 0.05) is 13.7 Å². The lowest BCUT2D eigenvalue weighted by molar-refractivity contribution is 0.0130. The van der Waals surface area contributed by atoms with E-state index in [-0.39, 0.29) is 0 Å². The molecular formula is C8H19NO4. The van der Waals surface area contributed by atoms with Crippen LogP contribution in [0.2, 0.25) is 0 Å². The fourth-order valence-corrected chi connectivity index (χ4v) is 0.680. The second-order valence-electron chi connectivity index (χ2n) is 2.32. The van der Waals surface area contributed by atoms with Gasteiger partial charge < -0.3 is 19.0 Å². The summed E-state index contributed by atoms with van der Waals surface area (Å²) in [6, 6.07) is 0. The molecule has 0 unspecified atom stereocenters. The van der Waals surface area contributed by atoms with Crippen molar-refractivity contribution in [3.05, 3.63) is 0 Å². The number of hydrogen-bond acceptors (Lipinski definition) is 5. The third-order valence-electron chi connectivity index (χ3n) is 1.30. The Morgan fingerprint density at radius 1 is 0.846 bits per heavy atom. The zero-order valence-electron chi connectivity index (χ0n) is 8.38. The van der Waals surface area contributed by atoms with E-state index in [2.05, 4.69) is 10.3 Å². The first kappa shape index (κ1) is 12.8. The van der Waals surface area contributed by atoms with Gasteiger partial charge in [-0.05, 0) is 0 Å². The molecule has 5 heteroatoms. The molecule has 0 spiro atoms. The van der Waals surface area contributed by atoms with E-state index >= 15 is 0 Å². The zero-order valence-corrected chi connectivity index (χ0v) is 8.38. The standard InChI is InChI=1S/C8H19NO4/c1-10-5-6-13-8-7-12-4-3-9-11-2/h9H,3-8H2,1-2H3. The minimum Gasteiger partial charge on any atom is -0.382 e. The quantitative estimate of drug-likeness (QED) is 0.385. The number of rotatable bonds is 10. The summed E-state index contributed by atoms with van der Waals surface area (Å²) in [6.45, 7) is 3.78. The van der Waals surface area contributed by atoms with Crippen LogP contribution in [0.5, 0.6) is 0 Å². The fourth-order valence-electron chi connectivity index (χ4n) is 0.680. The Bertz CT molecular complexity index is 82.2. The van der Waals surface area contributed by atoms with Crippen LogP contribution in [-0.2, 0) is 19.0 Å². The largest absolute Gasteiger partial charge is 0.382 e. The first-order valence-electron chi connectivity index (χ1n) is 4.32. The molecule has 0 aliphatic rings. The second kappa shape index (κ2) is 11.8. The monoisotopic (exact) mass is 193 g/mol. The first-order chi connectivity index (χ1) is 6.41. The molecule has 0 aliphatic carbocycles. The predicted octanol–water partition coefficient (Wildman–Crippen LogP) is -0.183. The summed E-state index contributed by atoms with van der Waals surface area (Å²) >= 11 is 0. The van der Waals surface area contributed by atoms with Crippen LogP contribution in [0.3, 0.4) is 0 Å². The highest BCUT2D eigenvalue weighted by molar-refractivity contribution is 4.34. The number of nitrogens with one attached hydrogen (secondary N) is 1. The van der Waals surface area contributed by atoms with Crippen LogP contribution in [0, 0.1) is 0 Å². The zero-order chi connectivity index (χ0) is 9.78. The maximum Gasteiger partial charge on any atom is 0.0701 e. The maximum atomic E-state index is 5.21. The van der Waals surface area contributed by atoms with Gasteiger partial charge in [0.1, 0.15) is 0 Å². The normalized spacial score (nSPS) is 10.6. The van der Waals surface area contributed by atoms with E-state index in [1.807, 2.05) is 0 Å². The van der Waals surface area contributed by atoms with Gasteiger partial charge in [-0.25, -0.2) is 5.48 Å². The van der Waals surface area contributed by atoms with Gasteiger partial charge in [-0.1, -0.05) is 0 Å². The number of hydrogen-bond donors (Lipinski definition) is 1. The van der Waals surface area contributed by atoms with Crippen molar-refractivity contribution in [1.29, 1.82) is 0 Å². The topological polar surface area (TPSA) is 49.0 Å². The summed E-state index contributed by atoms with van der Waals surface area (Å²) in [4.78, 5) is 4.62. The van der Waals surface area contributed by atoms with Gasteiger partial charge in [0.05, 0.1) is 40.1 Å². The van der Waals surface area contributed by atoms with Crippen molar-refractivity contribution in [3.8, 4) is 0 Å². The smallest absolute Gasteiger partial charge is 0.0701 e. The van der Waals surface area contributed by atoms with Crippen LogP contribution >= 0.6 is 0 Å². The number of ether oxygens (including phenoxy) is 3. The average Bonchev–Trinajstić information content (AvgIpc) is 2.16. The van der Waals surface area contributed by atoms with Crippen molar-refractivity contribution in [1.82, 2.24) is 5.48 Å². The van der Waals surface area contributed by atoms with Gasteiger partial charge in [0.15, 0.2) is 0 Å². The van der Waals surface area contributed by atoms with Gasteiger partial charge in [-0.15, -0.1) is 0 Å². The molecule has 0 saturated carbocycles. The fraction of sp³-hybridized carbons (Fsp3) is 1.00. The molecule has 0 saturated heterocycles. The predicted molar refractivity (Wildman–Crippen MR) is 48.5 cm³/mol. The average molecular weight is 193 g/mol. The van der Waals surface area contributed by atoms with Crippen LogP contribution < -0.4 is 5.48 Å². The molecule has 0 aliphatic heterocycles. The van der Waals surface area contributed by atoms with Crippen molar-refractivity contribution < 1.29 is 19.0 Å². The van der Waals surface area contributed by atoms with E-state index in [0.717, 1.165) is 0 Å². The Hall–Kier alpha value is -0.200. The van der Waals surface area contributed by atoms with Crippen LogP contribution in [-0.4, -0.2) is 53.8 Å². The lowest BCUT2D eigenvalue weighted by atomic mass is 10.7. The van der Waals surface area contributed by atoms with Crippen molar-refractivity contribution in [2.24, 2.45) is 0 Å². The first-order valence-corrected chi connectivity index (χ1v) is 4.32. The summed E-state index contributed by atoms with van der Waals surface area (Å²) in [6.07, 6.45) is 0. The molecule has 5 nitrogen and oxygen atoms in total. The third kappa shape index (κ3) is 11.8. The van der Waals surface area contributed by atoms with Gasteiger partial charge >= 0.3 is 0 Å². The maximum absolute atomic E-state index is 5.21. The molecule has 0 atom stereocenters. The molecule has 0 amide bonds. The molecule has 0 fully saturated rings. The highest BCUT2D eigenvalue weighted by Gasteiger charge is 1.89. The minimum absolute atomic E-state index is 0.606. The van der Waals surface area contributed by atoms with Gasteiger partial charge in [0.25, 0.3) is 0 Å². The molecule has 1 N–H and O–H groups in total. The van der Waals surface area contributed by atoms with E-state index < -0.39 is 0 Å². The molecule has 0 heterocycles. The summed E-state index contributed by atoms with van der Waals surface area (Å²) in [7, 11) is 3.23. The van der Waals surface area contributed by atoms with Gasteiger partial charge in [0.2, 0.25) is 0 Å². The SMILES string of the molecule is COCCOCCOCCNOC. The van der Waals surface area contributed by atoms with Gasteiger partial charge in [-0.3, -0.25) is 0 Å². The molecule has 80 valence electrons. The van der Waals surface area contributed by atoms with E-state index in [1.165, 1.54) is 0 Å². The highest BCUT2D eigenvalue weighted by atomic mass is 16.6. The van der Waals surface area contributed by atoms with Crippen LogP contribution in [0.15, 0.2) is 0 Å². The van der Waals surface area contributed by atoms with E-state index in [9.17, 15) is 0 Å². The summed E-state index contributed by atoms with van der Waals surface area (Å²) in [5.74, 6) is 0. The van der Waals surface area contributed by atoms with Crippen LogP contribution in [0.4, 0.5) is 0 Å². The molecule has 0 radical (unpaired) electrons. The van der Waals surface area contributed by atoms with Crippen molar-refractivity contribution in [2.75, 3.05) is 53.8 Å². The van der Waals surface area contributed by atoms with Crippen LogP contribution in [0.1, 0.15) is 0 Å². The number of hydroxylamine groups is 1. The molecule has 0 rings (SSSR count). The Morgan fingerprint density at radius 3 is 2.08 bits per heavy atom. The molecule has 0 aromatic heterocycles. The Morgan fingerprint density at radius 2 is 1.46 bits per heavy atom. The third-order valence-corrected chi connectivity index (χ3v) is 1.30. The Labute approximate surface area is 79.3 Å². The second-order valence-corrected chi connectivity index (χ2v) is 2.32. The Balaban J connectivity index is 2.76.